The van der Waals surface area contributed by atoms with Crippen LogP contribution in [0.2, 0.25) is 5.02 Å². The van der Waals surface area contributed by atoms with E-state index in [4.69, 9.17) is 16.0 Å². The summed E-state index contributed by atoms with van der Waals surface area (Å²) in [5, 5.41) is 14.2. The number of halogens is 1. The van der Waals surface area contributed by atoms with Gasteiger partial charge in [0.25, 0.3) is 5.91 Å². The number of amides is 1. The summed E-state index contributed by atoms with van der Waals surface area (Å²) in [6.07, 6.45) is -0.877. The van der Waals surface area contributed by atoms with Crippen LogP contribution in [-0.4, -0.2) is 17.6 Å². The van der Waals surface area contributed by atoms with Crippen molar-refractivity contribution in [3.05, 3.63) is 70.4 Å². The predicted octanol–water partition coefficient (Wildman–Crippen LogP) is 3.86. The van der Waals surface area contributed by atoms with Crippen molar-refractivity contribution in [1.82, 2.24) is 5.32 Å². The molecule has 0 saturated heterocycles. The van der Waals surface area contributed by atoms with Crippen molar-refractivity contribution in [3.8, 4) is 0 Å². The normalized spacial score (nSPS) is 12.3. The minimum absolute atomic E-state index is 0.0546. The average molecular weight is 330 g/mol. The first kappa shape index (κ1) is 15.6. The molecule has 1 unspecified atom stereocenters. The van der Waals surface area contributed by atoms with E-state index in [1.165, 1.54) is 0 Å². The number of aryl methyl sites for hydroxylation is 1. The van der Waals surface area contributed by atoms with Crippen LogP contribution in [0.3, 0.4) is 0 Å². The molecule has 0 fully saturated rings. The number of furan rings is 1. The van der Waals surface area contributed by atoms with Crippen molar-refractivity contribution >= 4 is 28.5 Å². The van der Waals surface area contributed by atoms with E-state index in [1.807, 2.05) is 31.2 Å². The Hall–Kier alpha value is -2.30. The lowest BCUT2D eigenvalue weighted by Crippen LogP contribution is -2.28. The molecule has 2 N–H and O–H groups in total. The van der Waals surface area contributed by atoms with Crippen molar-refractivity contribution in [2.45, 2.75) is 13.0 Å². The number of para-hydroxylation sites is 1. The number of benzene rings is 2. The molecule has 0 saturated carbocycles. The van der Waals surface area contributed by atoms with Gasteiger partial charge in [-0.05, 0) is 19.1 Å². The van der Waals surface area contributed by atoms with E-state index < -0.39 is 6.10 Å². The summed E-state index contributed by atoms with van der Waals surface area (Å²) in [7, 11) is 0. The molecule has 2 aromatic carbocycles. The molecule has 1 amide bonds. The molecule has 0 spiro atoms. The molecule has 0 radical (unpaired) electrons. The Kier molecular flexibility index (Phi) is 4.37. The Labute approximate surface area is 138 Å². The first-order valence-electron chi connectivity index (χ1n) is 7.26. The van der Waals surface area contributed by atoms with Gasteiger partial charge in [0, 0.05) is 28.1 Å². The number of fused-ring (bicyclic) bond motifs is 1. The third-order valence-electron chi connectivity index (χ3n) is 3.77. The van der Waals surface area contributed by atoms with Crippen molar-refractivity contribution < 1.29 is 14.3 Å². The molecule has 0 bridgehead atoms. The summed E-state index contributed by atoms with van der Waals surface area (Å²) in [6, 6.07) is 14.5. The molecule has 118 valence electrons. The summed E-state index contributed by atoms with van der Waals surface area (Å²) in [5.41, 5.74) is 2.03. The summed E-state index contributed by atoms with van der Waals surface area (Å²) in [5.74, 6) is -0.0950. The molecule has 0 aliphatic heterocycles. The molecule has 4 nitrogen and oxygen atoms in total. The van der Waals surface area contributed by atoms with Crippen LogP contribution in [0.1, 0.15) is 27.8 Å². The maximum Gasteiger partial charge on any atom is 0.287 e. The van der Waals surface area contributed by atoms with Crippen LogP contribution in [0.15, 0.2) is 52.9 Å². The van der Waals surface area contributed by atoms with Crippen molar-refractivity contribution in [2.75, 3.05) is 6.54 Å². The van der Waals surface area contributed by atoms with Gasteiger partial charge in [-0.25, -0.2) is 0 Å². The number of hydrogen-bond donors (Lipinski definition) is 2. The maximum atomic E-state index is 12.3. The molecule has 0 aliphatic carbocycles. The second-order valence-corrected chi connectivity index (χ2v) is 5.71. The standard InChI is InChI=1S/C18H16ClNO3/c1-11-12-6-3-5-9-16(12)23-17(11)18(22)20-10-15(21)13-7-2-4-8-14(13)19/h2-9,15,21H,10H2,1H3,(H,20,22). The summed E-state index contributed by atoms with van der Waals surface area (Å²) in [6.45, 7) is 1.89. The van der Waals surface area contributed by atoms with Crippen molar-refractivity contribution in [2.24, 2.45) is 0 Å². The number of aliphatic hydroxyl groups excluding tert-OH is 1. The lowest BCUT2D eigenvalue weighted by Gasteiger charge is -2.13. The highest BCUT2D eigenvalue weighted by Crippen LogP contribution is 2.25. The number of rotatable bonds is 4. The van der Waals surface area contributed by atoms with Gasteiger partial charge >= 0.3 is 0 Å². The Morgan fingerprint density at radius 3 is 2.65 bits per heavy atom. The zero-order chi connectivity index (χ0) is 16.4. The van der Waals surface area contributed by atoms with E-state index in [1.54, 1.807) is 24.3 Å². The van der Waals surface area contributed by atoms with E-state index in [0.717, 1.165) is 10.9 Å². The maximum absolute atomic E-state index is 12.3. The van der Waals surface area contributed by atoms with Gasteiger partial charge in [-0.1, -0.05) is 48.0 Å². The smallest absolute Gasteiger partial charge is 0.287 e. The second-order valence-electron chi connectivity index (χ2n) is 5.30. The number of nitrogens with one attached hydrogen (secondary N) is 1. The van der Waals surface area contributed by atoms with E-state index in [2.05, 4.69) is 5.32 Å². The summed E-state index contributed by atoms with van der Waals surface area (Å²) < 4.78 is 5.60. The van der Waals surface area contributed by atoms with Crippen LogP contribution in [0.25, 0.3) is 11.0 Å². The lowest BCUT2D eigenvalue weighted by molar-refractivity contribution is 0.0890. The van der Waals surface area contributed by atoms with Crippen molar-refractivity contribution in [3.63, 3.8) is 0 Å². The quantitative estimate of drug-likeness (QED) is 0.764. The zero-order valence-electron chi connectivity index (χ0n) is 12.5. The molecule has 3 rings (SSSR count). The third kappa shape index (κ3) is 3.09. The Balaban J connectivity index is 1.74. The number of aliphatic hydroxyl groups is 1. The third-order valence-corrected chi connectivity index (χ3v) is 4.11. The molecule has 1 aromatic heterocycles. The molecule has 1 atom stereocenters. The van der Waals surface area contributed by atoms with Gasteiger partial charge in [0.05, 0.1) is 6.10 Å². The fourth-order valence-corrected chi connectivity index (χ4v) is 2.78. The molecule has 1 heterocycles. The van der Waals surface area contributed by atoms with E-state index in [-0.39, 0.29) is 18.2 Å². The molecule has 5 heteroatoms. The highest BCUT2D eigenvalue weighted by molar-refractivity contribution is 6.31. The highest BCUT2D eigenvalue weighted by Gasteiger charge is 2.19. The van der Waals surface area contributed by atoms with Crippen molar-refractivity contribution in [1.29, 1.82) is 0 Å². The lowest BCUT2D eigenvalue weighted by atomic mass is 10.1. The first-order chi connectivity index (χ1) is 11.1. The minimum atomic E-state index is -0.877. The molecule has 3 aromatic rings. The Morgan fingerprint density at radius 1 is 1.22 bits per heavy atom. The minimum Gasteiger partial charge on any atom is -0.451 e. The van der Waals surface area contributed by atoms with Gasteiger partial charge in [-0.2, -0.15) is 0 Å². The molecule has 23 heavy (non-hydrogen) atoms. The summed E-state index contributed by atoms with van der Waals surface area (Å²) in [4.78, 5) is 12.3. The monoisotopic (exact) mass is 329 g/mol. The van der Waals surface area contributed by atoms with Crippen LogP contribution in [-0.2, 0) is 0 Å². The number of carbonyl (C=O) groups is 1. The number of carbonyl (C=O) groups excluding carboxylic acids is 1. The molecular formula is C18H16ClNO3. The van der Waals surface area contributed by atoms with Crippen LogP contribution in [0.5, 0.6) is 0 Å². The largest absolute Gasteiger partial charge is 0.451 e. The fraction of sp³-hybridized carbons (Fsp3) is 0.167. The van der Waals surface area contributed by atoms with Crippen LogP contribution < -0.4 is 5.32 Å². The molecular weight excluding hydrogens is 314 g/mol. The predicted molar refractivity (Wildman–Crippen MR) is 89.7 cm³/mol. The van der Waals surface area contributed by atoms with Gasteiger partial charge in [0.1, 0.15) is 5.58 Å². The van der Waals surface area contributed by atoms with Crippen LogP contribution in [0.4, 0.5) is 0 Å². The van der Waals surface area contributed by atoms with Gasteiger partial charge in [-0.3, -0.25) is 4.79 Å². The van der Waals surface area contributed by atoms with Crippen LogP contribution in [0, 0.1) is 6.92 Å². The van der Waals surface area contributed by atoms with E-state index in [9.17, 15) is 9.90 Å². The first-order valence-corrected chi connectivity index (χ1v) is 7.64. The van der Waals surface area contributed by atoms with Crippen LogP contribution >= 0.6 is 11.6 Å². The van der Waals surface area contributed by atoms with Gasteiger partial charge in [0.15, 0.2) is 5.76 Å². The van der Waals surface area contributed by atoms with Gasteiger partial charge in [-0.15, -0.1) is 0 Å². The SMILES string of the molecule is Cc1c(C(=O)NCC(O)c2ccccc2Cl)oc2ccccc12. The fourth-order valence-electron chi connectivity index (χ4n) is 2.52. The zero-order valence-corrected chi connectivity index (χ0v) is 13.3. The molecule has 0 aliphatic rings. The summed E-state index contributed by atoms with van der Waals surface area (Å²) >= 11 is 6.04. The Bertz CT molecular complexity index is 856. The number of hydrogen-bond acceptors (Lipinski definition) is 3. The Morgan fingerprint density at radius 2 is 1.91 bits per heavy atom. The highest BCUT2D eigenvalue weighted by atomic mass is 35.5. The van der Waals surface area contributed by atoms with Gasteiger partial charge in [0.2, 0.25) is 0 Å². The van der Waals surface area contributed by atoms with E-state index >= 15 is 0 Å². The topological polar surface area (TPSA) is 62.5 Å². The second kappa shape index (κ2) is 6.44. The van der Waals surface area contributed by atoms with E-state index in [0.29, 0.717) is 16.2 Å². The van der Waals surface area contributed by atoms with Gasteiger partial charge < -0.3 is 14.8 Å². The average Bonchev–Trinajstić information content (AvgIpc) is 2.90.